The van der Waals surface area contributed by atoms with Crippen molar-refractivity contribution in [2.75, 3.05) is 6.54 Å². The third-order valence-electron chi connectivity index (χ3n) is 3.87. The van der Waals surface area contributed by atoms with Gasteiger partial charge in [0, 0.05) is 17.6 Å². The summed E-state index contributed by atoms with van der Waals surface area (Å²) in [4.78, 5) is 22.4. The zero-order chi connectivity index (χ0) is 21.0. The topological polar surface area (TPSA) is 66.3 Å². The minimum Gasteiger partial charge on any atom is -0.465 e. The highest BCUT2D eigenvalue weighted by Gasteiger charge is 2.24. The number of amides is 1. The number of rotatable bonds is 6. The van der Waals surface area contributed by atoms with E-state index in [0.29, 0.717) is 22.8 Å². The lowest BCUT2D eigenvalue weighted by Crippen LogP contribution is -2.36. The Balaban J connectivity index is 1.97. The van der Waals surface area contributed by atoms with Crippen molar-refractivity contribution in [1.29, 1.82) is 0 Å². The molecule has 1 N–H and O–H groups in total. The Bertz CT molecular complexity index is 987. The SMILES string of the molecule is CC(C)(C)CN(Cc1nc(-c2cccnc2F)c(Sc2ccccc2)s1)C(=O)O. The number of aromatic nitrogens is 2. The molecule has 0 fully saturated rings. The summed E-state index contributed by atoms with van der Waals surface area (Å²) in [5.74, 6) is -0.593. The number of carboxylic acid groups (broad SMARTS) is 1. The zero-order valence-electron chi connectivity index (χ0n) is 16.4. The van der Waals surface area contributed by atoms with Gasteiger partial charge in [0.2, 0.25) is 5.95 Å². The summed E-state index contributed by atoms with van der Waals surface area (Å²) in [6, 6.07) is 13.0. The van der Waals surface area contributed by atoms with Gasteiger partial charge in [-0.05, 0) is 29.7 Å². The maximum absolute atomic E-state index is 14.4. The molecule has 0 atom stereocenters. The third kappa shape index (κ3) is 5.77. The number of nitrogens with zero attached hydrogens (tertiary/aromatic N) is 3. The van der Waals surface area contributed by atoms with Crippen LogP contribution in [0.3, 0.4) is 0 Å². The fourth-order valence-electron chi connectivity index (χ4n) is 2.74. The molecule has 8 heteroatoms. The molecule has 2 heterocycles. The molecule has 0 spiro atoms. The van der Waals surface area contributed by atoms with Crippen LogP contribution < -0.4 is 0 Å². The van der Waals surface area contributed by atoms with Gasteiger partial charge in [0.1, 0.15) is 10.7 Å². The molecule has 152 valence electrons. The molecule has 0 saturated carbocycles. The summed E-state index contributed by atoms with van der Waals surface area (Å²) in [6.07, 6.45) is 0.396. The molecule has 0 aliphatic carbocycles. The molecular weight excluding hydrogens is 409 g/mol. The summed E-state index contributed by atoms with van der Waals surface area (Å²) in [5.41, 5.74) is 0.618. The van der Waals surface area contributed by atoms with Crippen LogP contribution >= 0.6 is 23.1 Å². The van der Waals surface area contributed by atoms with Crippen molar-refractivity contribution in [3.05, 3.63) is 59.6 Å². The summed E-state index contributed by atoms with van der Waals surface area (Å²) < 4.78 is 15.2. The van der Waals surface area contributed by atoms with Gasteiger partial charge in [0.15, 0.2) is 0 Å². The van der Waals surface area contributed by atoms with Crippen LogP contribution in [0.5, 0.6) is 0 Å². The first-order valence-electron chi connectivity index (χ1n) is 9.04. The first kappa shape index (κ1) is 21.3. The number of hydrogen-bond donors (Lipinski definition) is 1. The summed E-state index contributed by atoms with van der Waals surface area (Å²) in [6.45, 7) is 6.48. The molecule has 0 saturated heterocycles. The maximum Gasteiger partial charge on any atom is 0.407 e. The monoisotopic (exact) mass is 431 g/mol. The number of hydrogen-bond acceptors (Lipinski definition) is 5. The van der Waals surface area contributed by atoms with Crippen molar-refractivity contribution in [1.82, 2.24) is 14.9 Å². The summed E-state index contributed by atoms with van der Waals surface area (Å²) >= 11 is 2.86. The largest absolute Gasteiger partial charge is 0.465 e. The molecule has 5 nitrogen and oxygen atoms in total. The second kappa shape index (κ2) is 8.92. The average Bonchev–Trinajstić information content (AvgIpc) is 3.03. The Kier molecular flexibility index (Phi) is 6.54. The second-order valence-corrected chi connectivity index (χ2v) is 10.1. The molecule has 0 radical (unpaired) electrons. The lowest BCUT2D eigenvalue weighted by Gasteiger charge is -2.27. The van der Waals surface area contributed by atoms with Crippen LogP contribution in [0.4, 0.5) is 9.18 Å². The quantitative estimate of drug-likeness (QED) is 0.483. The number of halogens is 1. The second-order valence-electron chi connectivity index (χ2n) is 7.70. The fourth-order valence-corrected chi connectivity index (χ4v) is 5.07. The first-order chi connectivity index (χ1) is 13.7. The van der Waals surface area contributed by atoms with Crippen LogP contribution in [0.15, 0.2) is 57.8 Å². The lowest BCUT2D eigenvalue weighted by atomic mass is 9.96. The van der Waals surface area contributed by atoms with Gasteiger partial charge in [-0.1, -0.05) is 50.7 Å². The Morgan fingerprint density at radius 1 is 1.21 bits per heavy atom. The fraction of sp³-hybridized carbons (Fsp3) is 0.286. The zero-order valence-corrected chi connectivity index (χ0v) is 18.1. The molecule has 0 aliphatic rings. The number of carbonyl (C=O) groups is 1. The maximum atomic E-state index is 14.4. The predicted octanol–water partition coefficient (Wildman–Crippen LogP) is 6.02. The third-order valence-corrected chi connectivity index (χ3v) is 6.09. The Morgan fingerprint density at radius 3 is 2.55 bits per heavy atom. The van der Waals surface area contributed by atoms with Crippen molar-refractivity contribution in [3.63, 3.8) is 0 Å². The van der Waals surface area contributed by atoms with Crippen molar-refractivity contribution < 1.29 is 14.3 Å². The smallest absolute Gasteiger partial charge is 0.407 e. The van der Waals surface area contributed by atoms with Gasteiger partial charge in [-0.2, -0.15) is 4.39 Å². The van der Waals surface area contributed by atoms with Crippen LogP contribution in [-0.4, -0.2) is 32.6 Å². The van der Waals surface area contributed by atoms with E-state index >= 15 is 0 Å². The minimum absolute atomic E-state index is 0.154. The van der Waals surface area contributed by atoms with E-state index in [1.807, 2.05) is 51.1 Å². The number of pyridine rings is 1. The Hall–Kier alpha value is -2.45. The highest BCUT2D eigenvalue weighted by molar-refractivity contribution is 8.01. The van der Waals surface area contributed by atoms with Gasteiger partial charge < -0.3 is 10.0 Å². The molecule has 3 aromatic rings. The van der Waals surface area contributed by atoms with Crippen molar-refractivity contribution >= 4 is 29.2 Å². The number of benzene rings is 1. The molecular formula is C21H22FN3O2S2. The molecule has 0 aliphatic heterocycles. The van der Waals surface area contributed by atoms with Crippen molar-refractivity contribution in [3.8, 4) is 11.3 Å². The minimum atomic E-state index is -0.999. The van der Waals surface area contributed by atoms with E-state index in [9.17, 15) is 14.3 Å². The van der Waals surface area contributed by atoms with E-state index in [1.54, 1.807) is 12.1 Å². The highest BCUT2D eigenvalue weighted by atomic mass is 32.2. The Labute approximate surface area is 177 Å². The van der Waals surface area contributed by atoms with E-state index in [1.165, 1.54) is 34.2 Å². The van der Waals surface area contributed by atoms with E-state index in [4.69, 9.17) is 0 Å². The van der Waals surface area contributed by atoms with Crippen LogP contribution in [0.25, 0.3) is 11.3 Å². The average molecular weight is 432 g/mol. The first-order valence-corrected chi connectivity index (χ1v) is 10.7. The number of thiazole rings is 1. The van der Waals surface area contributed by atoms with Gasteiger partial charge in [-0.25, -0.2) is 14.8 Å². The molecule has 1 amide bonds. The molecule has 2 aromatic heterocycles. The van der Waals surface area contributed by atoms with Crippen molar-refractivity contribution in [2.45, 2.75) is 36.4 Å². The van der Waals surface area contributed by atoms with Gasteiger partial charge in [-0.3, -0.25) is 0 Å². The summed E-state index contributed by atoms with van der Waals surface area (Å²) in [7, 11) is 0. The molecule has 0 unspecified atom stereocenters. The lowest BCUT2D eigenvalue weighted by molar-refractivity contribution is 0.123. The molecule has 1 aromatic carbocycles. The van der Waals surface area contributed by atoms with Crippen LogP contribution in [0.2, 0.25) is 0 Å². The van der Waals surface area contributed by atoms with Crippen LogP contribution in [-0.2, 0) is 6.54 Å². The van der Waals surface area contributed by atoms with Gasteiger partial charge in [-0.15, -0.1) is 11.3 Å². The van der Waals surface area contributed by atoms with Gasteiger partial charge in [0.05, 0.1) is 16.3 Å². The standard InChI is InChI=1S/C21H22FN3O2S2/c1-21(2,3)13-25(20(26)27)12-16-24-17(15-10-7-11-23-18(15)22)19(29-16)28-14-8-5-4-6-9-14/h4-11H,12-13H2,1-3H3,(H,26,27). The highest BCUT2D eigenvalue weighted by Crippen LogP contribution is 2.41. The van der Waals surface area contributed by atoms with Crippen LogP contribution in [0, 0.1) is 11.4 Å². The van der Waals surface area contributed by atoms with E-state index < -0.39 is 12.0 Å². The predicted molar refractivity (Wildman–Crippen MR) is 114 cm³/mol. The van der Waals surface area contributed by atoms with E-state index in [-0.39, 0.29) is 12.0 Å². The molecule has 29 heavy (non-hydrogen) atoms. The molecule has 0 bridgehead atoms. The normalized spacial score (nSPS) is 11.4. The van der Waals surface area contributed by atoms with Crippen molar-refractivity contribution in [2.24, 2.45) is 5.41 Å². The van der Waals surface area contributed by atoms with E-state index in [2.05, 4.69) is 9.97 Å². The Morgan fingerprint density at radius 2 is 1.93 bits per heavy atom. The van der Waals surface area contributed by atoms with E-state index in [0.717, 1.165) is 9.10 Å². The summed E-state index contributed by atoms with van der Waals surface area (Å²) in [5, 5.41) is 10.2. The van der Waals surface area contributed by atoms with Gasteiger partial charge >= 0.3 is 6.09 Å². The van der Waals surface area contributed by atoms with Gasteiger partial charge in [0.25, 0.3) is 0 Å². The molecule has 3 rings (SSSR count). The van der Waals surface area contributed by atoms with Crippen LogP contribution in [0.1, 0.15) is 25.8 Å².